The third-order valence-corrected chi connectivity index (χ3v) is 8.14. The van der Waals surface area contributed by atoms with Gasteiger partial charge in [-0.1, -0.05) is 23.9 Å². The monoisotopic (exact) mass is 512 g/mol. The maximum absolute atomic E-state index is 12.8. The molecule has 0 N–H and O–H groups in total. The van der Waals surface area contributed by atoms with Gasteiger partial charge in [-0.25, -0.2) is 0 Å². The first kappa shape index (κ1) is 25.1. The number of aryl methyl sites for hydroxylation is 1. The Kier molecular flexibility index (Phi) is 7.04. The highest BCUT2D eigenvalue weighted by atomic mass is 35.5. The van der Waals surface area contributed by atoms with Gasteiger partial charge in [0.25, 0.3) is 0 Å². The number of halogens is 4. The van der Waals surface area contributed by atoms with Gasteiger partial charge in [0.05, 0.1) is 5.56 Å². The molecule has 5 rings (SSSR count). The van der Waals surface area contributed by atoms with Crippen molar-refractivity contribution in [2.45, 2.75) is 36.5 Å². The van der Waals surface area contributed by atoms with Crippen molar-refractivity contribution >= 4 is 24.2 Å². The molecular weight excluding hydrogens is 485 g/mol. The van der Waals surface area contributed by atoms with Crippen molar-refractivity contribution < 1.29 is 13.2 Å². The van der Waals surface area contributed by atoms with Crippen LogP contribution in [-0.2, 0) is 20.3 Å². The fourth-order valence-corrected chi connectivity index (χ4v) is 5.89. The highest BCUT2D eigenvalue weighted by Crippen LogP contribution is 2.64. The van der Waals surface area contributed by atoms with Crippen LogP contribution in [0, 0.1) is 5.41 Å². The van der Waals surface area contributed by atoms with Crippen LogP contribution < -0.4 is 0 Å². The largest absolute Gasteiger partial charge is 0.416 e. The van der Waals surface area contributed by atoms with E-state index in [-0.39, 0.29) is 17.8 Å². The molecule has 34 heavy (non-hydrogen) atoms. The summed E-state index contributed by atoms with van der Waals surface area (Å²) in [5.74, 6) is 2.16. The molecule has 2 fully saturated rings. The van der Waals surface area contributed by atoms with Crippen LogP contribution in [0.4, 0.5) is 13.2 Å². The van der Waals surface area contributed by atoms with E-state index in [9.17, 15) is 13.2 Å². The van der Waals surface area contributed by atoms with E-state index in [2.05, 4.69) is 20.2 Å². The van der Waals surface area contributed by atoms with Crippen molar-refractivity contribution in [2.75, 3.05) is 25.4 Å². The van der Waals surface area contributed by atoms with Gasteiger partial charge in [0.15, 0.2) is 11.0 Å². The van der Waals surface area contributed by atoms with Gasteiger partial charge in [-0.05, 0) is 67.4 Å². The lowest BCUT2D eigenvalue weighted by atomic mass is 9.97. The smallest absolute Gasteiger partial charge is 0.304 e. The highest BCUT2D eigenvalue weighted by Gasteiger charge is 2.57. The predicted octanol–water partition coefficient (Wildman–Crippen LogP) is 5.02. The topological polar surface area (TPSA) is 51.8 Å². The number of aromatic nitrogens is 5. The van der Waals surface area contributed by atoms with Crippen LogP contribution in [-0.4, -0.2) is 54.8 Å². The summed E-state index contributed by atoms with van der Waals surface area (Å²) >= 11 is 1.71. The lowest BCUT2D eigenvalue weighted by Crippen LogP contribution is -2.23. The highest BCUT2D eigenvalue weighted by molar-refractivity contribution is 7.99. The minimum absolute atomic E-state index is 0. The van der Waals surface area contributed by atoms with Gasteiger partial charge in [0.1, 0.15) is 5.69 Å². The molecule has 0 unspecified atom stereocenters. The summed E-state index contributed by atoms with van der Waals surface area (Å²) in [6.45, 7) is 3.13. The molecular formula is C23H28ClF3N6S. The van der Waals surface area contributed by atoms with E-state index >= 15 is 0 Å². The maximum Gasteiger partial charge on any atom is 0.416 e. The van der Waals surface area contributed by atoms with Gasteiger partial charge in [-0.2, -0.15) is 18.3 Å². The fourth-order valence-electron chi connectivity index (χ4n) is 5.06. The molecule has 1 aliphatic heterocycles. The van der Waals surface area contributed by atoms with Gasteiger partial charge in [0, 0.05) is 32.6 Å². The van der Waals surface area contributed by atoms with Crippen LogP contribution in [0.15, 0.2) is 41.7 Å². The van der Waals surface area contributed by atoms with E-state index in [0.29, 0.717) is 5.92 Å². The fraction of sp³-hybridized carbons (Fsp3) is 0.522. The summed E-state index contributed by atoms with van der Waals surface area (Å²) in [5, 5.41) is 13.7. The molecule has 2 aliphatic rings. The van der Waals surface area contributed by atoms with Crippen LogP contribution >= 0.6 is 24.2 Å². The molecule has 1 spiro atoms. The Labute approximate surface area is 207 Å². The van der Waals surface area contributed by atoms with Gasteiger partial charge in [-0.15, -0.1) is 22.6 Å². The lowest BCUT2D eigenvalue weighted by molar-refractivity contribution is -0.137. The third-order valence-electron chi connectivity index (χ3n) is 7.03. The Hall–Kier alpha value is -2.04. The van der Waals surface area contributed by atoms with Crippen LogP contribution in [0.3, 0.4) is 0 Å². The van der Waals surface area contributed by atoms with Crippen LogP contribution in [0.5, 0.6) is 0 Å². The number of likely N-dealkylation sites (tertiary alicyclic amines) is 1. The minimum atomic E-state index is -4.27. The number of rotatable bonds is 7. The molecule has 3 aromatic rings. The van der Waals surface area contributed by atoms with E-state index in [1.807, 2.05) is 24.7 Å². The van der Waals surface area contributed by atoms with E-state index < -0.39 is 11.7 Å². The predicted molar refractivity (Wildman–Crippen MR) is 128 cm³/mol. The standard InChI is InChI=1S/C23H27F3N6S.ClH/c1-30-20(19-8-10-27-31(19)2)28-29-21(30)33-13-3-11-32-12-9-22(15-32)14-18(22)16-4-6-17(7-5-16)23(24,25)26;/h4-8,10,18H,3,9,11-15H2,1-2H3;1H/t18-,22+;/m1./s1. The number of benzene rings is 1. The molecule has 0 bridgehead atoms. The number of hydrogen-bond acceptors (Lipinski definition) is 5. The van der Waals surface area contributed by atoms with Crippen LogP contribution in [0.25, 0.3) is 11.5 Å². The minimum Gasteiger partial charge on any atom is -0.304 e. The van der Waals surface area contributed by atoms with Crippen molar-refractivity contribution in [3.63, 3.8) is 0 Å². The average molecular weight is 513 g/mol. The maximum atomic E-state index is 12.8. The molecule has 11 heteroatoms. The second-order valence-corrected chi connectivity index (χ2v) is 10.2. The Morgan fingerprint density at radius 1 is 1.12 bits per heavy atom. The number of nitrogens with zero attached hydrogens (tertiary/aromatic N) is 6. The third kappa shape index (κ3) is 4.85. The van der Waals surface area contributed by atoms with Crippen molar-refractivity contribution in [3.05, 3.63) is 47.7 Å². The molecule has 3 heterocycles. The average Bonchev–Trinajstić information content (AvgIpc) is 3.05. The Morgan fingerprint density at radius 2 is 1.88 bits per heavy atom. The van der Waals surface area contributed by atoms with Crippen molar-refractivity contribution in [3.8, 4) is 11.5 Å². The Balaban J connectivity index is 0.00000274. The second kappa shape index (κ2) is 9.54. The number of alkyl halides is 3. The zero-order chi connectivity index (χ0) is 23.2. The van der Waals surface area contributed by atoms with Crippen LogP contribution in [0.1, 0.15) is 36.3 Å². The number of thioether (sulfide) groups is 1. The summed E-state index contributed by atoms with van der Waals surface area (Å²) in [7, 11) is 3.87. The van der Waals surface area contributed by atoms with E-state index in [0.717, 1.165) is 66.9 Å². The lowest BCUT2D eigenvalue weighted by Gasteiger charge is -2.16. The van der Waals surface area contributed by atoms with Gasteiger partial charge < -0.3 is 9.47 Å². The molecule has 1 saturated heterocycles. The molecule has 2 atom stereocenters. The first-order valence-electron chi connectivity index (χ1n) is 11.2. The molecule has 1 aromatic carbocycles. The van der Waals surface area contributed by atoms with E-state index in [1.165, 1.54) is 12.1 Å². The molecule has 184 valence electrons. The van der Waals surface area contributed by atoms with Crippen molar-refractivity contribution in [1.29, 1.82) is 0 Å². The number of hydrogen-bond donors (Lipinski definition) is 0. The summed E-state index contributed by atoms with van der Waals surface area (Å²) < 4.78 is 42.3. The van der Waals surface area contributed by atoms with Crippen molar-refractivity contribution in [1.82, 2.24) is 29.4 Å². The summed E-state index contributed by atoms with van der Waals surface area (Å²) in [6, 6.07) is 7.71. The first-order valence-corrected chi connectivity index (χ1v) is 12.2. The van der Waals surface area contributed by atoms with E-state index in [4.69, 9.17) is 0 Å². The summed E-state index contributed by atoms with van der Waals surface area (Å²) in [6.07, 6.45) is 0.747. The van der Waals surface area contributed by atoms with Gasteiger partial charge in [0.2, 0.25) is 0 Å². The summed E-state index contributed by atoms with van der Waals surface area (Å²) in [5.41, 5.74) is 1.68. The Morgan fingerprint density at radius 3 is 2.56 bits per heavy atom. The molecule has 0 radical (unpaired) electrons. The van der Waals surface area contributed by atoms with Crippen LogP contribution in [0.2, 0.25) is 0 Å². The molecule has 6 nitrogen and oxygen atoms in total. The van der Waals surface area contributed by atoms with Crippen molar-refractivity contribution in [2.24, 2.45) is 19.5 Å². The quantitative estimate of drug-likeness (QED) is 0.329. The Bertz CT molecular complexity index is 1130. The molecule has 2 aromatic heterocycles. The normalized spacial score (nSPS) is 22.3. The van der Waals surface area contributed by atoms with E-state index in [1.54, 1.807) is 34.8 Å². The summed E-state index contributed by atoms with van der Waals surface area (Å²) in [4.78, 5) is 2.50. The molecule has 1 saturated carbocycles. The van der Waals surface area contributed by atoms with Gasteiger partial charge in [-0.3, -0.25) is 4.68 Å². The zero-order valence-electron chi connectivity index (χ0n) is 19.1. The second-order valence-electron chi connectivity index (χ2n) is 9.17. The SMILES string of the molecule is Cl.Cn1nccc1-c1nnc(SCCCN2CC[C@]3(C[C@@H]3c3ccc(C(F)(F)F)cc3)C2)n1C. The first-order chi connectivity index (χ1) is 15.8. The van der Waals surface area contributed by atoms with Gasteiger partial charge >= 0.3 is 6.18 Å². The zero-order valence-corrected chi connectivity index (χ0v) is 20.8. The molecule has 1 aliphatic carbocycles. The molecule has 0 amide bonds.